The SMILES string of the molecule is COc1cccnc1C=Cc1ccccc1. The van der Waals surface area contributed by atoms with Crippen LogP contribution in [0.15, 0.2) is 48.7 Å². The summed E-state index contributed by atoms with van der Waals surface area (Å²) in [6.45, 7) is 0. The molecule has 0 aliphatic carbocycles. The van der Waals surface area contributed by atoms with Crippen LogP contribution in [0.2, 0.25) is 0 Å². The Morgan fingerprint density at radius 1 is 1.00 bits per heavy atom. The van der Waals surface area contributed by atoms with Gasteiger partial charge in [-0.05, 0) is 23.8 Å². The maximum Gasteiger partial charge on any atom is 0.144 e. The van der Waals surface area contributed by atoms with Crippen molar-refractivity contribution in [3.8, 4) is 5.75 Å². The molecule has 1 heterocycles. The van der Waals surface area contributed by atoms with Crippen molar-refractivity contribution >= 4 is 12.2 Å². The van der Waals surface area contributed by atoms with Gasteiger partial charge in [-0.1, -0.05) is 36.4 Å². The van der Waals surface area contributed by atoms with Crippen molar-refractivity contribution in [3.63, 3.8) is 0 Å². The summed E-state index contributed by atoms with van der Waals surface area (Å²) in [7, 11) is 1.65. The molecular weight excluding hydrogens is 198 g/mol. The molecule has 0 atom stereocenters. The summed E-state index contributed by atoms with van der Waals surface area (Å²) in [5.74, 6) is 0.787. The molecule has 1 aromatic carbocycles. The van der Waals surface area contributed by atoms with E-state index in [9.17, 15) is 0 Å². The molecule has 0 radical (unpaired) electrons. The van der Waals surface area contributed by atoms with E-state index in [0.29, 0.717) is 0 Å². The molecule has 0 aliphatic rings. The van der Waals surface area contributed by atoms with Crippen molar-refractivity contribution in [2.75, 3.05) is 7.11 Å². The molecule has 0 spiro atoms. The maximum absolute atomic E-state index is 5.22. The Morgan fingerprint density at radius 3 is 2.56 bits per heavy atom. The standard InChI is InChI=1S/C14H13NO/c1-16-14-8-5-11-15-13(14)10-9-12-6-3-2-4-7-12/h2-11H,1H3. The summed E-state index contributed by atoms with van der Waals surface area (Å²) in [4.78, 5) is 4.25. The number of hydrogen-bond donors (Lipinski definition) is 0. The monoisotopic (exact) mass is 211 g/mol. The highest BCUT2D eigenvalue weighted by Gasteiger charge is 1.97. The molecule has 2 nitrogen and oxygen atoms in total. The average molecular weight is 211 g/mol. The molecule has 2 rings (SSSR count). The number of benzene rings is 1. The fourth-order valence-corrected chi connectivity index (χ4v) is 1.44. The van der Waals surface area contributed by atoms with Gasteiger partial charge in [-0.25, -0.2) is 0 Å². The van der Waals surface area contributed by atoms with Crippen LogP contribution in [0.4, 0.5) is 0 Å². The Labute approximate surface area is 95.2 Å². The molecule has 16 heavy (non-hydrogen) atoms. The number of pyridine rings is 1. The zero-order valence-electron chi connectivity index (χ0n) is 9.13. The molecule has 2 heteroatoms. The number of hydrogen-bond acceptors (Lipinski definition) is 2. The van der Waals surface area contributed by atoms with E-state index in [2.05, 4.69) is 4.98 Å². The van der Waals surface area contributed by atoms with Gasteiger partial charge in [-0.2, -0.15) is 0 Å². The van der Waals surface area contributed by atoms with Gasteiger partial charge in [0, 0.05) is 6.20 Å². The summed E-state index contributed by atoms with van der Waals surface area (Å²) in [6.07, 6.45) is 5.73. The van der Waals surface area contributed by atoms with E-state index >= 15 is 0 Å². The summed E-state index contributed by atoms with van der Waals surface area (Å²) in [5.41, 5.74) is 1.99. The van der Waals surface area contributed by atoms with Crippen LogP contribution in [0.3, 0.4) is 0 Å². The van der Waals surface area contributed by atoms with Crippen LogP contribution >= 0.6 is 0 Å². The highest BCUT2D eigenvalue weighted by Crippen LogP contribution is 2.17. The average Bonchev–Trinajstić information content (AvgIpc) is 2.38. The van der Waals surface area contributed by atoms with Crippen LogP contribution in [0, 0.1) is 0 Å². The topological polar surface area (TPSA) is 22.1 Å². The fraction of sp³-hybridized carbons (Fsp3) is 0.0714. The molecule has 0 bridgehead atoms. The molecule has 1 aromatic heterocycles. The van der Waals surface area contributed by atoms with Crippen LogP contribution < -0.4 is 4.74 Å². The third-order valence-electron chi connectivity index (χ3n) is 2.25. The molecule has 0 unspecified atom stereocenters. The second-order valence-corrected chi connectivity index (χ2v) is 3.33. The smallest absolute Gasteiger partial charge is 0.144 e. The van der Waals surface area contributed by atoms with Gasteiger partial charge in [0.1, 0.15) is 11.4 Å². The first-order chi connectivity index (χ1) is 7.90. The van der Waals surface area contributed by atoms with E-state index in [-0.39, 0.29) is 0 Å². The second kappa shape index (κ2) is 5.12. The lowest BCUT2D eigenvalue weighted by Crippen LogP contribution is -1.88. The summed E-state index contributed by atoms with van der Waals surface area (Å²) in [5, 5.41) is 0. The van der Waals surface area contributed by atoms with Gasteiger partial charge < -0.3 is 4.74 Å². The van der Waals surface area contributed by atoms with Gasteiger partial charge in [0.25, 0.3) is 0 Å². The first-order valence-corrected chi connectivity index (χ1v) is 5.12. The van der Waals surface area contributed by atoms with E-state index in [1.807, 2.05) is 54.6 Å². The van der Waals surface area contributed by atoms with Crippen LogP contribution in [0.5, 0.6) is 5.75 Å². The lowest BCUT2D eigenvalue weighted by molar-refractivity contribution is 0.412. The van der Waals surface area contributed by atoms with Crippen LogP contribution in [-0.2, 0) is 0 Å². The third kappa shape index (κ3) is 2.48. The Kier molecular flexibility index (Phi) is 3.34. The summed E-state index contributed by atoms with van der Waals surface area (Å²) < 4.78 is 5.22. The van der Waals surface area contributed by atoms with Gasteiger partial charge in [0.2, 0.25) is 0 Å². The molecule has 0 N–H and O–H groups in total. The summed E-state index contributed by atoms with van der Waals surface area (Å²) in [6, 6.07) is 13.9. The van der Waals surface area contributed by atoms with Crippen molar-refractivity contribution < 1.29 is 4.74 Å². The Balaban J connectivity index is 2.24. The first kappa shape index (κ1) is 10.4. The normalized spacial score (nSPS) is 10.6. The highest BCUT2D eigenvalue weighted by atomic mass is 16.5. The van der Waals surface area contributed by atoms with Crippen LogP contribution in [-0.4, -0.2) is 12.1 Å². The molecular formula is C14H13NO. The number of methoxy groups -OCH3 is 1. The zero-order valence-corrected chi connectivity index (χ0v) is 9.13. The predicted molar refractivity (Wildman–Crippen MR) is 66.2 cm³/mol. The van der Waals surface area contributed by atoms with Crippen LogP contribution in [0.1, 0.15) is 11.3 Å². The number of aromatic nitrogens is 1. The minimum Gasteiger partial charge on any atom is -0.494 e. The van der Waals surface area contributed by atoms with Crippen molar-refractivity contribution in [2.45, 2.75) is 0 Å². The van der Waals surface area contributed by atoms with Crippen molar-refractivity contribution in [1.29, 1.82) is 0 Å². The maximum atomic E-state index is 5.22. The van der Waals surface area contributed by atoms with Crippen molar-refractivity contribution in [2.24, 2.45) is 0 Å². The lowest BCUT2D eigenvalue weighted by atomic mass is 10.2. The zero-order chi connectivity index (χ0) is 11.2. The Hall–Kier alpha value is -2.09. The van der Waals surface area contributed by atoms with Gasteiger partial charge in [-0.3, -0.25) is 4.98 Å². The Morgan fingerprint density at radius 2 is 1.81 bits per heavy atom. The quantitative estimate of drug-likeness (QED) is 0.777. The largest absolute Gasteiger partial charge is 0.494 e. The van der Waals surface area contributed by atoms with Gasteiger partial charge in [0.15, 0.2) is 0 Å². The van der Waals surface area contributed by atoms with Crippen LogP contribution in [0.25, 0.3) is 12.2 Å². The molecule has 0 amide bonds. The molecule has 2 aromatic rings. The highest BCUT2D eigenvalue weighted by molar-refractivity contribution is 5.70. The molecule has 0 aliphatic heterocycles. The van der Waals surface area contributed by atoms with E-state index in [1.54, 1.807) is 13.3 Å². The van der Waals surface area contributed by atoms with E-state index in [0.717, 1.165) is 17.0 Å². The minimum absolute atomic E-state index is 0.787. The van der Waals surface area contributed by atoms with Gasteiger partial charge in [0.05, 0.1) is 7.11 Å². The number of rotatable bonds is 3. The van der Waals surface area contributed by atoms with Crippen molar-refractivity contribution in [1.82, 2.24) is 4.98 Å². The first-order valence-electron chi connectivity index (χ1n) is 5.12. The molecule has 0 saturated heterocycles. The van der Waals surface area contributed by atoms with Gasteiger partial charge >= 0.3 is 0 Å². The Bertz CT molecular complexity index is 477. The van der Waals surface area contributed by atoms with Crippen molar-refractivity contribution in [3.05, 3.63) is 59.9 Å². The molecule has 80 valence electrons. The fourth-order valence-electron chi connectivity index (χ4n) is 1.44. The number of nitrogens with zero attached hydrogens (tertiary/aromatic N) is 1. The van der Waals surface area contributed by atoms with Gasteiger partial charge in [-0.15, -0.1) is 0 Å². The van der Waals surface area contributed by atoms with E-state index in [1.165, 1.54) is 0 Å². The predicted octanol–water partition coefficient (Wildman–Crippen LogP) is 3.26. The summed E-state index contributed by atoms with van der Waals surface area (Å²) >= 11 is 0. The van der Waals surface area contributed by atoms with E-state index < -0.39 is 0 Å². The minimum atomic E-state index is 0.787. The second-order valence-electron chi connectivity index (χ2n) is 3.33. The lowest BCUT2D eigenvalue weighted by Gasteiger charge is -2.02. The third-order valence-corrected chi connectivity index (χ3v) is 2.25. The van der Waals surface area contributed by atoms with E-state index in [4.69, 9.17) is 4.74 Å². The molecule has 0 fully saturated rings. The molecule has 0 saturated carbocycles. The number of ether oxygens (including phenoxy) is 1.